The van der Waals surface area contributed by atoms with Crippen LogP contribution >= 0.6 is 0 Å². The Labute approximate surface area is 120 Å². The van der Waals surface area contributed by atoms with Crippen LogP contribution in [0.2, 0.25) is 0 Å². The fraction of sp³-hybridized carbons (Fsp3) is 0.133. The molecule has 0 unspecified atom stereocenters. The normalized spacial score (nSPS) is 10.8. The van der Waals surface area contributed by atoms with Crippen LogP contribution in [0.5, 0.6) is 23.0 Å². The molecular weight excluding hydrogens is 272 g/mol. The number of aromatic amines is 1. The minimum atomic E-state index is -0.192. The van der Waals surface area contributed by atoms with E-state index >= 15 is 0 Å². The molecule has 108 valence electrons. The first-order valence-electron chi connectivity index (χ1n) is 6.26. The molecule has 2 aromatic carbocycles. The minimum absolute atomic E-state index is 0.168. The lowest BCUT2D eigenvalue weighted by Gasteiger charge is -2.06. The molecule has 0 radical (unpaired) electrons. The average molecular weight is 286 g/mol. The number of nitrogens with one attached hydrogen (secondary N) is 1. The van der Waals surface area contributed by atoms with Gasteiger partial charge in [0.05, 0.1) is 25.3 Å². The van der Waals surface area contributed by atoms with Gasteiger partial charge in [0.2, 0.25) is 0 Å². The summed E-state index contributed by atoms with van der Waals surface area (Å²) in [4.78, 5) is 7.60. The molecule has 6 heteroatoms. The molecule has 0 fully saturated rings. The SMILES string of the molecule is COc1cc2nc(-c3ccc(O)c(O)c3)[nH]c2cc1OC. The van der Waals surface area contributed by atoms with Gasteiger partial charge in [-0.25, -0.2) is 4.98 Å². The van der Waals surface area contributed by atoms with Crippen LogP contribution in [0.1, 0.15) is 0 Å². The van der Waals surface area contributed by atoms with E-state index in [0.29, 0.717) is 22.9 Å². The monoisotopic (exact) mass is 286 g/mol. The van der Waals surface area contributed by atoms with Gasteiger partial charge < -0.3 is 24.7 Å². The fourth-order valence-electron chi connectivity index (χ4n) is 2.14. The van der Waals surface area contributed by atoms with Crippen molar-refractivity contribution in [2.24, 2.45) is 0 Å². The number of phenols is 2. The summed E-state index contributed by atoms with van der Waals surface area (Å²) >= 11 is 0. The zero-order valence-electron chi connectivity index (χ0n) is 11.5. The summed E-state index contributed by atoms with van der Waals surface area (Å²) in [5, 5.41) is 18.9. The summed E-state index contributed by atoms with van der Waals surface area (Å²) in [6, 6.07) is 8.10. The largest absolute Gasteiger partial charge is 0.504 e. The Morgan fingerprint density at radius 3 is 2.33 bits per heavy atom. The second kappa shape index (κ2) is 4.90. The van der Waals surface area contributed by atoms with Gasteiger partial charge in [0.25, 0.3) is 0 Å². The summed E-state index contributed by atoms with van der Waals surface area (Å²) in [5.41, 5.74) is 2.17. The molecule has 0 spiro atoms. The van der Waals surface area contributed by atoms with Crippen LogP contribution in [0.3, 0.4) is 0 Å². The van der Waals surface area contributed by atoms with E-state index in [2.05, 4.69) is 9.97 Å². The average Bonchev–Trinajstić information content (AvgIpc) is 2.91. The number of nitrogens with zero attached hydrogens (tertiary/aromatic N) is 1. The van der Waals surface area contributed by atoms with E-state index in [0.717, 1.165) is 11.0 Å². The molecule has 1 heterocycles. The number of aromatic hydroxyl groups is 2. The number of H-pyrrole nitrogens is 1. The van der Waals surface area contributed by atoms with Crippen LogP contribution in [0.4, 0.5) is 0 Å². The number of ether oxygens (including phenoxy) is 2. The van der Waals surface area contributed by atoms with Crippen molar-refractivity contribution in [3.8, 4) is 34.4 Å². The van der Waals surface area contributed by atoms with Gasteiger partial charge in [-0.05, 0) is 18.2 Å². The Balaban J connectivity index is 2.14. The van der Waals surface area contributed by atoms with Crippen LogP contribution in [0.25, 0.3) is 22.4 Å². The van der Waals surface area contributed by atoms with Crippen molar-refractivity contribution in [1.29, 1.82) is 0 Å². The standard InChI is InChI=1S/C15H14N2O4/c1-20-13-6-9-10(7-14(13)21-2)17-15(16-9)8-3-4-11(18)12(19)5-8/h3-7,18-19H,1-2H3,(H,16,17). The molecule has 1 aromatic heterocycles. The Bertz CT molecular complexity index is 770. The maximum absolute atomic E-state index is 9.57. The third-order valence-corrected chi connectivity index (χ3v) is 3.24. The lowest BCUT2D eigenvalue weighted by molar-refractivity contribution is 0.356. The molecule has 3 rings (SSSR count). The molecule has 3 aromatic rings. The fourth-order valence-corrected chi connectivity index (χ4v) is 2.14. The van der Waals surface area contributed by atoms with Crippen LogP contribution in [-0.4, -0.2) is 34.4 Å². The third kappa shape index (κ3) is 2.20. The highest BCUT2D eigenvalue weighted by atomic mass is 16.5. The molecule has 21 heavy (non-hydrogen) atoms. The summed E-state index contributed by atoms with van der Waals surface area (Å²) < 4.78 is 10.5. The third-order valence-electron chi connectivity index (χ3n) is 3.24. The maximum atomic E-state index is 9.57. The molecule has 0 aliphatic heterocycles. The molecule has 0 saturated carbocycles. The molecule has 0 bridgehead atoms. The Kier molecular flexibility index (Phi) is 3.06. The predicted octanol–water partition coefficient (Wildman–Crippen LogP) is 2.66. The van der Waals surface area contributed by atoms with Crippen molar-refractivity contribution in [2.45, 2.75) is 0 Å². The van der Waals surface area contributed by atoms with Gasteiger partial charge in [0.15, 0.2) is 23.0 Å². The molecular formula is C15H14N2O4. The Hall–Kier alpha value is -2.89. The van der Waals surface area contributed by atoms with Crippen LogP contribution < -0.4 is 9.47 Å². The van der Waals surface area contributed by atoms with Gasteiger partial charge in [0.1, 0.15) is 5.82 Å². The first-order valence-corrected chi connectivity index (χ1v) is 6.26. The highest BCUT2D eigenvalue weighted by Gasteiger charge is 2.12. The van der Waals surface area contributed by atoms with Crippen molar-refractivity contribution >= 4 is 11.0 Å². The summed E-state index contributed by atoms with van der Waals surface area (Å²) in [6.45, 7) is 0. The molecule has 6 nitrogen and oxygen atoms in total. The summed E-state index contributed by atoms with van der Waals surface area (Å²) in [6.07, 6.45) is 0. The quantitative estimate of drug-likeness (QED) is 0.644. The van der Waals surface area contributed by atoms with Crippen LogP contribution in [0, 0.1) is 0 Å². The van der Waals surface area contributed by atoms with Gasteiger partial charge in [-0.1, -0.05) is 0 Å². The zero-order chi connectivity index (χ0) is 15.0. The predicted molar refractivity (Wildman–Crippen MR) is 78.0 cm³/mol. The second-order valence-corrected chi connectivity index (χ2v) is 4.51. The van der Waals surface area contributed by atoms with Gasteiger partial charge in [-0.2, -0.15) is 0 Å². The number of benzene rings is 2. The molecule has 0 amide bonds. The smallest absolute Gasteiger partial charge is 0.163 e. The van der Waals surface area contributed by atoms with Gasteiger partial charge in [-0.3, -0.25) is 0 Å². The highest BCUT2D eigenvalue weighted by molar-refractivity contribution is 5.83. The van der Waals surface area contributed by atoms with E-state index in [4.69, 9.17) is 9.47 Å². The number of hydrogen-bond donors (Lipinski definition) is 3. The van der Waals surface area contributed by atoms with Crippen LogP contribution in [0.15, 0.2) is 30.3 Å². The minimum Gasteiger partial charge on any atom is -0.504 e. The van der Waals surface area contributed by atoms with E-state index in [1.54, 1.807) is 32.4 Å². The molecule has 0 saturated heterocycles. The van der Waals surface area contributed by atoms with Crippen molar-refractivity contribution in [3.05, 3.63) is 30.3 Å². The first kappa shape index (κ1) is 13.1. The van der Waals surface area contributed by atoms with Crippen LogP contribution in [-0.2, 0) is 0 Å². The summed E-state index contributed by atoms with van der Waals surface area (Å²) in [7, 11) is 3.13. The number of imidazole rings is 1. The number of hydrogen-bond acceptors (Lipinski definition) is 5. The molecule has 0 aliphatic carbocycles. The number of phenolic OH excluding ortho intramolecular Hbond substituents is 2. The van der Waals surface area contributed by atoms with Gasteiger partial charge in [0, 0.05) is 17.7 Å². The van der Waals surface area contributed by atoms with E-state index in [1.165, 1.54) is 12.1 Å². The Morgan fingerprint density at radius 1 is 0.952 bits per heavy atom. The van der Waals surface area contributed by atoms with Crippen molar-refractivity contribution < 1.29 is 19.7 Å². The topological polar surface area (TPSA) is 87.6 Å². The van der Waals surface area contributed by atoms with Crippen molar-refractivity contribution in [1.82, 2.24) is 9.97 Å². The van der Waals surface area contributed by atoms with Gasteiger partial charge in [-0.15, -0.1) is 0 Å². The number of aromatic nitrogens is 2. The van der Waals surface area contributed by atoms with Crippen molar-refractivity contribution in [2.75, 3.05) is 14.2 Å². The van der Waals surface area contributed by atoms with E-state index in [1.807, 2.05) is 0 Å². The maximum Gasteiger partial charge on any atom is 0.163 e. The lowest BCUT2D eigenvalue weighted by Crippen LogP contribution is -1.89. The number of fused-ring (bicyclic) bond motifs is 1. The van der Waals surface area contributed by atoms with E-state index in [9.17, 15) is 10.2 Å². The van der Waals surface area contributed by atoms with E-state index < -0.39 is 0 Å². The van der Waals surface area contributed by atoms with E-state index in [-0.39, 0.29) is 11.5 Å². The zero-order valence-corrected chi connectivity index (χ0v) is 11.5. The highest BCUT2D eigenvalue weighted by Crippen LogP contribution is 2.34. The lowest BCUT2D eigenvalue weighted by atomic mass is 10.2. The Morgan fingerprint density at radius 2 is 1.67 bits per heavy atom. The van der Waals surface area contributed by atoms with Gasteiger partial charge >= 0.3 is 0 Å². The number of methoxy groups -OCH3 is 2. The first-order chi connectivity index (χ1) is 10.1. The number of rotatable bonds is 3. The summed E-state index contributed by atoms with van der Waals surface area (Å²) in [5.74, 6) is 1.42. The molecule has 0 atom stereocenters. The second-order valence-electron chi connectivity index (χ2n) is 4.51. The molecule has 0 aliphatic rings. The molecule has 3 N–H and O–H groups in total. The van der Waals surface area contributed by atoms with Crippen molar-refractivity contribution in [3.63, 3.8) is 0 Å².